The minimum absolute atomic E-state index is 0.00389. The third kappa shape index (κ3) is 62.9. The lowest BCUT2D eigenvalue weighted by molar-refractivity contribution is -0.143. The Morgan fingerprint density at radius 1 is 0.364 bits per heavy atom. The number of hydrogen-bond acceptors (Lipinski definition) is 5. The van der Waals surface area contributed by atoms with E-state index in [1.165, 1.54) is 276 Å². The maximum Gasteiger partial charge on any atom is 0.305 e. The molecule has 0 aliphatic heterocycles. The normalized spacial score (nSPS) is 12.8. The van der Waals surface area contributed by atoms with Gasteiger partial charge in [0.15, 0.2) is 0 Å². The number of esters is 1. The first-order valence-corrected chi connectivity index (χ1v) is 34.4. The van der Waals surface area contributed by atoms with Crippen LogP contribution >= 0.6 is 0 Å². The minimum atomic E-state index is -0.660. The van der Waals surface area contributed by atoms with Crippen LogP contribution in [0.2, 0.25) is 0 Å². The quantitative estimate of drug-likeness (QED) is 0.0320. The number of nitrogens with one attached hydrogen (secondary N) is 1. The SMILES string of the molecule is CCCC/C=C\C/C=C\CCCCCCCC(=O)OCCCCCCCCCCCCCCC/C=C\C/C=C\CCCCCCCCCCCCCCCCCCCC(=O)NC(CO)C(O)CCCCCCCCCCC. The lowest BCUT2D eigenvalue weighted by Crippen LogP contribution is -2.45. The highest BCUT2D eigenvalue weighted by molar-refractivity contribution is 5.76. The van der Waals surface area contributed by atoms with Crippen LogP contribution in [-0.2, 0) is 14.3 Å². The standard InChI is InChI=1S/C71H133NO5/c1-3-5-7-9-11-13-14-15-42-45-49-53-57-61-65-71(76)77-66-62-58-54-50-46-43-40-38-36-34-32-30-28-26-24-22-20-18-16-17-19-21-23-25-27-29-31-33-35-37-39-41-44-48-52-56-60-64-70(75)72-68(67-73)69(74)63-59-55-51-47-12-10-8-6-4-2/h9,11,14-16,18,22,24,68-69,73-74H,3-8,10,12-13,17,19-21,23,25-67H2,1-2H3,(H,72,75)/b11-9-,15-14-,18-16-,24-22-. The molecule has 0 heterocycles. The summed E-state index contributed by atoms with van der Waals surface area (Å²) in [5.74, 6) is -0.0298. The fourth-order valence-corrected chi connectivity index (χ4v) is 10.6. The van der Waals surface area contributed by atoms with Crippen LogP contribution in [0.5, 0.6) is 0 Å². The Morgan fingerprint density at radius 2 is 0.662 bits per heavy atom. The van der Waals surface area contributed by atoms with E-state index in [9.17, 15) is 19.8 Å². The molecule has 6 heteroatoms. The Balaban J connectivity index is 3.34. The van der Waals surface area contributed by atoms with Gasteiger partial charge in [0, 0.05) is 12.8 Å². The molecule has 0 aliphatic carbocycles. The number of amides is 1. The van der Waals surface area contributed by atoms with Gasteiger partial charge in [0.2, 0.25) is 5.91 Å². The first kappa shape index (κ1) is 74.8. The number of unbranched alkanes of at least 4 members (excludes halogenated alkanes) is 45. The van der Waals surface area contributed by atoms with E-state index in [0.29, 0.717) is 25.9 Å². The van der Waals surface area contributed by atoms with Crippen LogP contribution in [0.25, 0.3) is 0 Å². The van der Waals surface area contributed by atoms with Crippen molar-refractivity contribution in [3.05, 3.63) is 48.6 Å². The Morgan fingerprint density at radius 3 is 1.03 bits per heavy atom. The summed E-state index contributed by atoms with van der Waals surface area (Å²) in [4.78, 5) is 24.5. The van der Waals surface area contributed by atoms with Gasteiger partial charge in [-0.3, -0.25) is 9.59 Å². The van der Waals surface area contributed by atoms with E-state index in [1.807, 2.05) is 0 Å². The lowest BCUT2D eigenvalue weighted by atomic mass is 10.0. The van der Waals surface area contributed by atoms with Crippen molar-refractivity contribution < 1.29 is 24.5 Å². The summed E-state index contributed by atoms with van der Waals surface area (Å²) in [5.41, 5.74) is 0. The van der Waals surface area contributed by atoms with Gasteiger partial charge in [-0.15, -0.1) is 0 Å². The van der Waals surface area contributed by atoms with Gasteiger partial charge in [0.25, 0.3) is 0 Å². The van der Waals surface area contributed by atoms with Crippen molar-refractivity contribution in [3.63, 3.8) is 0 Å². The van der Waals surface area contributed by atoms with E-state index in [2.05, 4.69) is 67.8 Å². The van der Waals surface area contributed by atoms with E-state index in [0.717, 1.165) is 57.8 Å². The van der Waals surface area contributed by atoms with Crippen LogP contribution in [0.3, 0.4) is 0 Å². The molecule has 0 saturated heterocycles. The molecule has 452 valence electrons. The second-order valence-electron chi connectivity index (χ2n) is 23.5. The van der Waals surface area contributed by atoms with Crippen molar-refractivity contribution in [2.75, 3.05) is 13.2 Å². The number of aliphatic hydroxyl groups excluding tert-OH is 2. The molecule has 0 aromatic carbocycles. The summed E-state index contributed by atoms with van der Waals surface area (Å²) < 4.78 is 5.48. The molecule has 0 aliphatic rings. The van der Waals surface area contributed by atoms with Crippen molar-refractivity contribution in [1.29, 1.82) is 0 Å². The predicted molar refractivity (Wildman–Crippen MR) is 338 cm³/mol. The zero-order valence-corrected chi connectivity index (χ0v) is 51.7. The fourth-order valence-electron chi connectivity index (χ4n) is 10.6. The number of aliphatic hydroxyl groups is 2. The second kappa shape index (κ2) is 66.3. The summed E-state index contributed by atoms with van der Waals surface area (Å²) in [5, 5.41) is 23.1. The zero-order chi connectivity index (χ0) is 55.7. The number of ether oxygens (including phenoxy) is 1. The lowest BCUT2D eigenvalue weighted by Gasteiger charge is -2.22. The Bertz CT molecular complexity index is 1290. The molecule has 0 saturated carbocycles. The number of rotatable bonds is 64. The third-order valence-corrected chi connectivity index (χ3v) is 15.9. The van der Waals surface area contributed by atoms with Crippen molar-refractivity contribution in [2.24, 2.45) is 0 Å². The van der Waals surface area contributed by atoms with Crippen LogP contribution in [-0.4, -0.2) is 47.4 Å². The van der Waals surface area contributed by atoms with Crippen LogP contribution < -0.4 is 5.32 Å². The molecule has 0 fully saturated rings. The first-order valence-electron chi connectivity index (χ1n) is 34.4. The Kier molecular flexibility index (Phi) is 64.5. The molecule has 6 nitrogen and oxygen atoms in total. The van der Waals surface area contributed by atoms with E-state index >= 15 is 0 Å². The summed E-state index contributed by atoms with van der Waals surface area (Å²) >= 11 is 0. The third-order valence-electron chi connectivity index (χ3n) is 15.9. The molecule has 0 bridgehead atoms. The molecule has 0 rings (SSSR count). The van der Waals surface area contributed by atoms with Gasteiger partial charge in [-0.1, -0.05) is 319 Å². The first-order chi connectivity index (χ1) is 38.0. The van der Waals surface area contributed by atoms with Gasteiger partial charge >= 0.3 is 5.97 Å². The number of carbonyl (C=O) groups is 2. The van der Waals surface area contributed by atoms with Crippen LogP contribution in [0, 0.1) is 0 Å². The number of carbonyl (C=O) groups excluding carboxylic acids is 2. The topological polar surface area (TPSA) is 95.9 Å². The van der Waals surface area contributed by atoms with Crippen molar-refractivity contribution in [1.82, 2.24) is 5.32 Å². The molecule has 1 amide bonds. The molecule has 0 aromatic rings. The van der Waals surface area contributed by atoms with Gasteiger partial charge in [-0.2, -0.15) is 0 Å². The molecule has 3 N–H and O–H groups in total. The zero-order valence-electron chi connectivity index (χ0n) is 51.7. The van der Waals surface area contributed by atoms with Crippen LogP contribution in [0.1, 0.15) is 367 Å². The van der Waals surface area contributed by atoms with Gasteiger partial charge in [-0.05, 0) is 83.5 Å². The summed E-state index contributed by atoms with van der Waals surface area (Å²) in [7, 11) is 0. The summed E-state index contributed by atoms with van der Waals surface area (Å²) in [6.07, 6.45) is 86.1. The largest absolute Gasteiger partial charge is 0.466 e. The molecule has 2 unspecified atom stereocenters. The van der Waals surface area contributed by atoms with E-state index < -0.39 is 12.1 Å². The summed E-state index contributed by atoms with van der Waals surface area (Å²) in [6, 6.07) is -0.537. The number of hydrogen-bond donors (Lipinski definition) is 3. The highest BCUT2D eigenvalue weighted by Crippen LogP contribution is 2.18. The van der Waals surface area contributed by atoms with Crippen molar-refractivity contribution in [2.45, 2.75) is 379 Å². The minimum Gasteiger partial charge on any atom is -0.466 e. The Hall–Kier alpha value is -2.18. The van der Waals surface area contributed by atoms with Crippen molar-refractivity contribution in [3.8, 4) is 0 Å². The maximum atomic E-state index is 12.4. The smallest absolute Gasteiger partial charge is 0.305 e. The monoisotopic (exact) mass is 1080 g/mol. The van der Waals surface area contributed by atoms with Crippen LogP contribution in [0.15, 0.2) is 48.6 Å². The van der Waals surface area contributed by atoms with Crippen molar-refractivity contribution >= 4 is 11.9 Å². The predicted octanol–water partition coefficient (Wildman–Crippen LogP) is 22.1. The highest BCUT2D eigenvalue weighted by atomic mass is 16.5. The van der Waals surface area contributed by atoms with Crippen LogP contribution in [0.4, 0.5) is 0 Å². The van der Waals surface area contributed by atoms with Gasteiger partial charge in [-0.25, -0.2) is 0 Å². The molecule has 0 radical (unpaired) electrons. The van der Waals surface area contributed by atoms with Gasteiger partial charge in [0.05, 0.1) is 25.4 Å². The molecular formula is C71H133NO5. The average Bonchev–Trinajstić information content (AvgIpc) is 3.43. The molecule has 0 aromatic heterocycles. The average molecular weight is 1080 g/mol. The molecule has 77 heavy (non-hydrogen) atoms. The van der Waals surface area contributed by atoms with E-state index in [4.69, 9.17) is 4.74 Å². The molecule has 0 spiro atoms. The maximum absolute atomic E-state index is 12.4. The van der Waals surface area contributed by atoms with Gasteiger partial charge < -0.3 is 20.3 Å². The van der Waals surface area contributed by atoms with Gasteiger partial charge in [0.1, 0.15) is 0 Å². The molecule has 2 atom stereocenters. The highest BCUT2D eigenvalue weighted by Gasteiger charge is 2.20. The molecular weight excluding hydrogens is 947 g/mol. The van der Waals surface area contributed by atoms with E-state index in [1.54, 1.807) is 0 Å². The second-order valence-corrected chi connectivity index (χ2v) is 23.5. The Labute approximate surface area is 480 Å². The summed E-state index contributed by atoms with van der Waals surface area (Å²) in [6.45, 7) is 4.90. The van der Waals surface area contributed by atoms with E-state index in [-0.39, 0.29) is 18.5 Å². The fraction of sp³-hybridized carbons (Fsp3) is 0.859. The number of allylic oxidation sites excluding steroid dienone is 8.